The topological polar surface area (TPSA) is 43.8 Å². The van der Waals surface area contributed by atoms with Gasteiger partial charge >= 0.3 is 0 Å². The maximum atomic E-state index is 6.11. The average molecular weight is 207 g/mol. The molecule has 1 aromatic rings. The number of nitrogens with two attached hydrogens (primary N) is 1. The Hall–Kier alpha value is -0.830. The number of imidazole rings is 1. The maximum Gasteiger partial charge on any atom is 0.0948 e. The van der Waals surface area contributed by atoms with Gasteiger partial charge < -0.3 is 10.3 Å². The Morgan fingerprint density at radius 2 is 2.27 bits per heavy atom. The predicted octanol–water partition coefficient (Wildman–Crippen LogP) is 2.12. The van der Waals surface area contributed by atoms with E-state index < -0.39 is 0 Å². The van der Waals surface area contributed by atoms with E-state index in [0.29, 0.717) is 0 Å². The van der Waals surface area contributed by atoms with Crippen molar-refractivity contribution in [3.8, 4) is 0 Å². The first-order valence-corrected chi connectivity index (χ1v) is 5.78. The molecule has 15 heavy (non-hydrogen) atoms. The Morgan fingerprint density at radius 3 is 2.80 bits per heavy atom. The standard InChI is InChI=1S/C12H21N3/c1-9(10-4-5-10)7-15-8-14-6-11(15)12(2,3)13/h6,8-10H,4-5,7,13H2,1-3H3. The Balaban J connectivity index is 2.10. The van der Waals surface area contributed by atoms with Crippen molar-refractivity contribution in [3.05, 3.63) is 18.2 Å². The fraction of sp³-hybridized carbons (Fsp3) is 0.750. The lowest BCUT2D eigenvalue weighted by Gasteiger charge is -2.22. The maximum absolute atomic E-state index is 6.11. The third-order valence-corrected chi connectivity index (χ3v) is 3.28. The van der Waals surface area contributed by atoms with Gasteiger partial charge in [0, 0.05) is 12.7 Å². The van der Waals surface area contributed by atoms with E-state index >= 15 is 0 Å². The van der Waals surface area contributed by atoms with E-state index in [0.717, 1.165) is 24.1 Å². The van der Waals surface area contributed by atoms with Gasteiger partial charge in [0.2, 0.25) is 0 Å². The van der Waals surface area contributed by atoms with Crippen molar-refractivity contribution >= 4 is 0 Å². The molecule has 0 aliphatic heterocycles. The summed E-state index contributed by atoms with van der Waals surface area (Å²) in [4.78, 5) is 4.20. The summed E-state index contributed by atoms with van der Waals surface area (Å²) in [7, 11) is 0. The van der Waals surface area contributed by atoms with Gasteiger partial charge in [-0.15, -0.1) is 0 Å². The molecule has 1 saturated carbocycles. The Labute approximate surface area is 91.7 Å². The van der Waals surface area contributed by atoms with Gasteiger partial charge in [-0.05, 0) is 38.5 Å². The highest BCUT2D eigenvalue weighted by Gasteiger charge is 2.29. The molecule has 0 radical (unpaired) electrons. The minimum Gasteiger partial charge on any atom is -0.333 e. The lowest BCUT2D eigenvalue weighted by Crippen LogP contribution is -2.32. The molecule has 0 spiro atoms. The monoisotopic (exact) mass is 207 g/mol. The van der Waals surface area contributed by atoms with Crippen LogP contribution in [0.4, 0.5) is 0 Å². The van der Waals surface area contributed by atoms with E-state index in [4.69, 9.17) is 5.73 Å². The molecule has 1 aliphatic carbocycles. The summed E-state index contributed by atoms with van der Waals surface area (Å²) >= 11 is 0. The zero-order chi connectivity index (χ0) is 11.1. The molecule has 1 fully saturated rings. The number of hydrogen-bond donors (Lipinski definition) is 1. The third kappa shape index (κ3) is 2.40. The van der Waals surface area contributed by atoms with Gasteiger partial charge in [-0.3, -0.25) is 0 Å². The second-order valence-corrected chi connectivity index (χ2v) is 5.47. The summed E-state index contributed by atoms with van der Waals surface area (Å²) in [6.45, 7) is 7.44. The van der Waals surface area contributed by atoms with Crippen molar-refractivity contribution in [2.75, 3.05) is 0 Å². The van der Waals surface area contributed by atoms with E-state index in [9.17, 15) is 0 Å². The van der Waals surface area contributed by atoms with Crippen LogP contribution in [0.15, 0.2) is 12.5 Å². The smallest absolute Gasteiger partial charge is 0.0948 e. The largest absolute Gasteiger partial charge is 0.333 e. The molecule has 3 nitrogen and oxygen atoms in total. The van der Waals surface area contributed by atoms with Crippen LogP contribution in [0.5, 0.6) is 0 Å². The van der Waals surface area contributed by atoms with Crippen molar-refractivity contribution in [3.63, 3.8) is 0 Å². The van der Waals surface area contributed by atoms with Gasteiger partial charge in [0.1, 0.15) is 0 Å². The fourth-order valence-electron chi connectivity index (χ4n) is 2.13. The lowest BCUT2D eigenvalue weighted by atomic mass is 10.0. The van der Waals surface area contributed by atoms with Crippen LogP contribution in [0.2, 0.25) is 0 Å². The van der Waals surface area contributed by atoms with Crippen molar-refractivity contribution in [2.24, 2.45) is 17.6 Å². The summed E-state index contributed by atoms with van der Waals surface area (Å²) < 4.78 is 2.21. The minimum atomic E-state index is -0.292. The summed E-state index contributed by atoms with van der Waals surface area (Å²) in [5.74, 6) is 1.68. The van der Waals surface area contributed by atoms with Crippen LogP contribution in [-0.4, -0.2) is 9.55 Å². The van der Waals surface area contributed by atoms with Crippen molar-refractivity contribution in [1.82, 2.24) is 9.55 Å². The molecular formula is C12H21N3. The van der Waals surface area contributed by atoms with Crippen molar-refractivity contribution in [2.45, 2.75) is 45.7 Å². The van der Waals surface area contributed by atoms with E-state index in [2.05, 4.69) is 16.5 Å². The van der Waals surface area contributed by atoms with Crippen LogP contribution in [0.1, 0.15) is 39.3 Å². The van der Waals surface area contributed by atoms with Gasteiger partial charge in [-0.1, -0.05) is 6.92 Å². The molecule has 3 heteroatoms. The molecule has 0 aromatic carbocycles. The van der Waals surface area contributed by atoms with Crippen LogP contribution >= 0.6 is 0 Å². The average Bonchev–Trinajstić information content (AvgIpc) is 2.85. The van der Waals surface area contributed by atoms with Crippen LogP contribution in [-0.2, 0) is 12.1 Å². The number of hydrogen-bond acceptors (Lipinski definition) is 2. The van der Waals surface area contributed by atoms with Crippen LogP contribution in [0.3, 0.4) is 0 Å². The molecule has 1 aliphatic rings. The highest BCUT2D eigenvalue weighted by atomic mass is 15.1. The number of nitrogens with zero attached hydrogens (tertiary/aromatic N) is 2. The van der Waals surface area contributed by atoms with Gasteiger partial charge in [0.15, 0.2) is 0 Å². The molecular weight excluding hydrogens is 186 g/mol. The van der Waals surface area contributed by atoms with Gasteiger partial charge in [-0.2, -0.15) is 0 Å². The molecule has 1 aromatic heterocycles. The zero-order valence-corrected chi connectivity index (χ0v) is 9.90. The second kappa shape index (κ2) is 3.63. The second-order valence-electron chi connectivity index (χ2n) is 5.47. The summed E-state index contributed by atoms with van der Waals surface area (Å²) in [5.41, 5.74) is 6.95. The van der Waals surface area contributed by atoms with E-state index in [-0.39, 0.29) is 5.54 Å². The molecule has 1 atom stereocenters. The van der Waals surface area contributed by atoms with Crippen LogP contribution in [0.25, 0.3) is 0 Å². The Kier molecular flexibility index (Phi) is 2.59. The molecule has 0 bridgehead atoms. The summed E-state index contributed by atoms with van der Waals surface area (Å²) in [6, 6.07) is 0. The van der Waals surface area contributed by atoms with Crippen molar-refractivity contribution < 1.29 is 0 Å². The first-order valence-electron chi connectivity index (χ1n) is 5.78. The predicted molar refractivity (Wildman–Crippen MR) is 61.3 cm³/mol. The lowest BCUT2D eigenvalue weighted by molar-refractivity contribution is 0.399. The highest BCUT2D eigenvalue weighted by molar-refractivity contribution is 5.10. The molecule has 1 unspecified atom stereocenters. The van der Waals surface area contributed by atoms with E-state index in [1.165, 1.54) is 12.8 Å². The van der Waals surface area contributed by atoms with Crippen LogP contribution in [0, 0.1) is 11.8 Å². The van der Waals surface area contributed by atoms with Gasteiger partial charge in [0.05, 0.1) is 17.6 Å². The minimum absolute atomic E-state index is 0.292. The number of aromatic nitrogens is 2. The first-order chi connectivity index (χ1) is 6.98. The fourth-order valence-corrected chi connectivity index (χ4v) is 2.13. The van der Waals surface area contributed by atoms with Crippen LogP contribution < -0.4 is 5.73 Å². The first kappa shape index (κ1) is 10.7. The Morgan fingerprint density at radius 1 is 1.60 bits per heavy atom. The molecule has 0 amide bonds. The quantitative estimate of drug-likeness (QED) is 0.822. The molecule has 2 N–H and O–H groups in total. The highest BCUT2D eigenvalue weighted by Crippen LogP contribution is 2.37. The molecule has 1 heterocycles. The zero-order valence-electron chi connectivity index (χ0n) is 9.90. The SMILES string of the molecule is CC(Cn1cncc1C(C)(C)N)C1CC1. The van der Waals surface area contributed by atoms with Gasteiger partial charge in [0.25, 0.3) is 0 Å². The molecule has 2 rings (SSSR count). The Bertz CT molecular complexity index is 331. The normalized spacial score (nSPS) is 19.2. The summed E-state index contributed by atoms with van der Waals surface area (Å²) in [6.07, 6.45) is 6.59. The molecule has 84 valence electrons. The van der Waals surface area contributed by atoms with E-state index in [1.807, 2.05) is 26.4 Å². The third-order valence-electron chi connectivity index (χ3n) is 3.28. The summed E-state index contributed by atoms with van der Waals surface area (Å²) in [5, 5.41) is 0. The van der Waals surface area contributed by atoms with Crippen molar-refractivity contribution in [1.29, 1.82) is 0 Å². The molecule has 0 saturated heterocycles. The number of rotatable bonds is 4. The van der Waals surface area contributed by atoms with E-state index in [1.54, 1.807) is 0 Å². The van der Waals surface area contributed by atoms with Gasteiger partial charge in [-0.25, -0.2) is 4.98 Å².